The summed E-state index contributed by atoms with van der Waals surface area (Å²) in [6.45, 7) is 4.47. The van der Waals surface area contributed by atoms with Gasteiger partial charge in [0.25, 0.3) is 0 Å². The molecule has 2 rings (SSSR count). The summed E-state index contributed by atoms with van der Waals surface area (Å²) in [7, 11) is 0. The molecule has 0 fully saturated rings. The quantitative estimate of drug-likeness (QED) is 0.546. The van der Waals surface area contributed by atoms with E-state index in [9.17, 15) is 14.7 Å². The molecule has 0 saturated carbocycles. The number of nitrogens with one attached hydrogen (secondary N) is 2. The number of ether oxygens (including phenoxy) is 2. The molecule has 0 spiro atoms. The van der Waals surface area contributed by atoms with Crippen molar-refractivity contribution in [2.75, 3.05) is 19.8 Å². The second kappa shape index (κ2) is 7.64. The molecule has 0 bridgehead atoms. The minimum Gasteiger partial charge on any atom is -0.508 e. The van der Waals surface area contributed by atoms with Crippen LogP contribution in [-0.4, -0.2) is 36.9 Å². The lowest BCUT2D eigenvalue weighted by atomic mass is 9.95. The molecule has 0 saturated heterocycles. The Hall–Kier alpha value is -2.54. The average Bonchev–Trinajstić information content (AvgIpc) is 2.50. The highest BCUT2D eigenvalue weighted by Gasteiger charge is 2.32. The van der Waals surface area contributed by atoms with E-state index in [1.165, 1.54) is 12.1 Å². The van der Waals surface area contributed by atoms with Crippen LogP contribution in [0.2, 0.25) is 0 Å². The summed E-state index contributed by atoms with van der Waals surface area (Å²) in [6.07, 6.45) is 0. The molecule has 2 amide bonds. The first-order valence-electron chi connectivity index (χ1n) is 7.35. The number of phenols is 1. The van der Waals surface area contributed by atoms with E-state index in [0.29, 0.717) is 30.0 Å². The van der Waals surface area contributed by atoms with Crippen LogP contribution in [0.25, 0.3) is 0 Å². The van der Waals surface area contributed by atoms with E-state index in [0.717, 1.165) is 0 Å². The third-order valence-electron chi connectivity index (χ3n) is 3.36. The number of benzene rings is 1. The van der Waals surface area contributed by atoms with Crippen LogP contribution in [0.5, 0.6) is 5.75 Å². The Morgan fingerprint density at radius 2 is 2.13 bits per heavy atom. The van der Waals surface area contributed by atoms with Crippen LogP contribution in [-0.2, 0) is 14.3 Å². The highest BCUT2D eigenvalue weighted by atomic mass is 16.6. The Morgan fingerprint density at radius 1 is 1.35 bits per heavy atom. The van der Waals surface area contributed by atoms with E-state index < -0.39 is 18.0 Å². The van der Waals surface area contributed by atoms with Crippen LogP contribution < -0.4 is 10.6 Å². The monoisotopic (exact) mass is 320 g/mol. The first-order chi connectivity index (χ1) is 11.0. The summed E-state index contributed by atoms with van der Waals surface area (Å²) in [5, 5.41) is 14.9. The number of esters is 1. The number of allylic oxidation sites excluding steroid dienone is 1. The molecule has 7 nitrogen and oxygen atoms in total. The maximum Gasteiger partial charge on any atom is 0.338 e. The minimum absolute atomic E-state index is 0.0528. The van der Waals surface area contributed by atoms with Gasteiger partial charge in [0, 0.05) is 12.3 Å². The molecule has 1 heterocycles. The van der Waals surface area contributed by atoms with Gasteiger partial charge in [-0.1, -0.05) is 12.1 Å². The lowest BCUT2D eigenvalue weighted by molar-refractivity contribution is -0.141. The molecule has 1 aromatic carbocycles. The summed E-state index contributed by atoms with van der Waals surface area (Å²) in [6, 6.07) is 5.28. The normalized spacial score (nSPS) is 17.5. The Bertz CT molecular complexity index is 627. The molecule has 0 radical (unpaired) electrons. The van der Waals surface area contributed by atoms with Crippen molar-refractivity contribution in [3.8, 4) is 5.75 Å². The van der Waals surface area contributed by atoms with Gasteiger partial charge in [0.15, 0.2) is 0 Å². The molecular weight excluding hydrogens is 300 g/mol. The van der Waals surface area contributed by atoms with Gasteiger partial charge in [-0.15, -0.1) is 0 Å². The van der Waals surface area contributed by atoms with E-state index in [1.807, 2.05) is 6.92 Å². The van der Waals surface area contributed by atoms with Crippen molar-refractivity contribution in [2.45, 2.75) is 19.9 Å². The molecule has 0 aromatic heterocycles. The molecule has 23 heavy (non-hydrogen) atoms. The van der Waals surface area contributed by atoms with Crippen LogP contribution in [0.4, 0.5) is 4.79 Å². The number of carbonyl (C=O) groups is 2. The van der Waals surface area contributed by atoms with Gasteiger partial charge in [-0.25, -0.2) is 9.59 Å². The first-order valence-corrected chi connectivity index (χ1v) is 7.35. The number of aromatic hydroxyl groups is 1. The SMILES string of the molecule is CCOCCOC(=O)C1=C(C)NC(=O)N[C@H]1c1cccc(O)c1. The molecule has 1 aliphatic heterocycles. The maximum absolute atomic E-state index is 12.4. The van der Waals surface area contributed by atoms with E-state index >= 15 is 0 Å². The fourth-order valence-electron chi connectivity index (χ4n) is 2.33. The topological polar surface area (TPSA) is 96.9 Å². The molecule has 124 valence electrons. The fourth-order valence-corrected chi connectivity index (χ4v) is 2.33. The Morgan fingerprint density at radius 3 is 2.83 bits per heavy atom. The van der Waals surface area contributed by atoms with Crippen molar-refractivity contribution in [3.05, 3.63) is 41.1 Å². The molecular formula is C16H20N2O5. The molecule has 0 unspecified atom stereocenters. The zero-order valence-electron chi connectivity index (χ0n) is 13.1. The van der Waals surface area contributed by atoms with Gasteiger partial charge >= 0.3 is 12.0 Å². The van der Waals surface area contributed by atoms with Crippen LogP contribution >= 0.6 is 0 Å². The van der Waals surface area contributed by atoms with Gasteiger partial charge in [0.2, 0.25) is 0 Å². The highest BCUT2D eigenvalue weighted by molar-refractivity contribution is 5.95. The van der Waals surface area contributed by atoms with E-state index in [2.05, 4.69) is 10.6 Å². The zero-order valence-corrected chi connectivity index (χ0v) is 13.1. The van der Waals surface area contributed by atoms with Gasteiger partial charge in [0.1, 0.15) is 12.4 Å². The largest absolute Gasteiger partial charge is 0.508 e. The Labute approximate surface area is 134 Å². The smallest absolute Gasteiger partial charge is 0.338 e. The van der Waals surface area contributed by atoms with Gasteiger partial charge in [-0.2, -0.15) is 0 Å². The second-order valence-corrected chi connectivity index (χ2v) is 5.00. The van der Waals surface area contributed by atoms with Crippen LogP contribution in [0.15, 0.2) is 35.5 Å². The van der Waals surface area contributed by atoms with Crippen molar-refractivity contribution < 1.29 is 24.2 Å². The van der Waals surface area contributed by atoms with Crippen LogP contribution in [0.3, 0.4) is 0 Å². The number of rotatable bonds is 6. The van der Waals surface area contributed by atoms with E-state index in [1.54, 1.807) is 19.1 Å². The van der Waals surface area contributed by atoms with Gasteiger partial charge in [-0.3, -0.25) is 0 Å². The summed E-state index contributed by atoms with van der Waals surface area (Å²) in [5.41, 5.74) is 1.31. The summed E-state index contributed by atoms with van der Waals surface area (Å²) < 4.78 is 10.3. The van der Waals surface area contributed by atoms with Crippen molar-refractivity contribution in [3.63, 3.8) is 0 Å². The maximum atomic E-state index is 12.4. The second-order valence-electron chi connectivity index (χ2n) is 5.00. The number of phenolic OH excluding ortho intramolecular Hbond substituents is 1. The van der Waals surface area contributed by atoms with Gasteiger partial charge in [0.05, 0.1) is 18.2 Å². The molecule has 1 aliphatic rings. The van der Waals surface area contributed by atoms with E-state index in [4.69, 9.17) is 9.47 Å². The Balaban J connectivity index is 2.22. The highest BCUT2D eigenvalue weighted by Crippen LogP contribution is 2.29. The minimum atomic E-state index is -0.685. The Kier molecular flexibility index (Phi) is 5.59. The average molecular weight is 320 g/mol. The van der Waals surface area contributed by atoms with Crippen molar-refractivity contribution in [1.82, 2.24) is 10.6 Å². The number of urea groups is 1. The summed E-state index contributed by atoms with van der Waals surface area (Å²) >= 11 is 0. The first kappa shape index (κ1) is 16.8. The summed E-state index contributed by atoms with van der Waals surface area (Å²) in [5.74, 6) is -0.486. The third kappa shape index (κ3) is 4.23. The number of carbonyl (C=O) groups excluding carboxylic acids is 2. The zero-order chi connectivity index (χ0) is 16.8. The predicted molar refractivity (Wildman–Crippen MR) is 82.7 cm³/mol. The van der Waals surface area contributed by atoms with E-state index in [-0.39, 0.29) is 12.4 Å². The third-order valence-corrected chi connectivity index (χ3v) is 3.36. The number of amides is 2. The molecule has 3 N–H and O–H groups in total. The van der Waals surface area contributed by atoms with Gasteiger partial charge in [-0.05, 0) is 31.5 Å². The van der Waals surface area contributed by atoms with Crippen molar-refractivity contribution in [2.24, 2.45) is 0 Å². The number of hydrogen-bond donors (Lipinski definition) is 3. The molecule has 7 heteroatoms. The van der Waals surface area contributed by atoms with Crippen molar-refractivity contribution >= 4 is 12.0 Å². The van der Waals surface area contributed by atoms with Crippen LogP contribution in [0.1, 0.15) is 25.5 Å². The lowest BCUT2D eigenvalue weighted by Crippen LogP contribution is -2.45. The van der Waals surface area contributed by atoms with Gasteiger partial charge < -0.3 is 25.2 Å². The van der Waals surface area contributed by atoms with Crippen molar-refractivity contribution in [1.29, 1.82) is 0 Å². The molecule has 1 aromatic rings. The lowest BCUT2D eigenvalue weighted by Gasteiger charge is -2.28. The predicted octanol–water partition coefficient (Wildman–Crippen LogP) is 1.60. The van der Waals surface area contributed by atoms with Crippen LogP contribution in [0, 0.1) is 0 Å². The number of hydrogen-bond acceptors (Lipinski definition) is 5. The standard InChI is InChI=1S/C16H20N2O5/c1-3-22-7-8-23-15(20)13-10(2)17-16(21)18-14(13)11-5-4-6-12(19)9-11/h4-6,9,14,19H,3,7-8H2,1-2H3,(H2,17,18,21)/t14-/m0/s1. The molecule has 0 aliphatic carbocycles. The molecule has 1 atom stereocenters. The summed E-state index contributed by atoms with van der Waals surface area (Å²) in [4.78, 5) is 24.1. The fraction of sp³-hybridized carbons (Fsp3) is 0.375.